The lowest BCUT2D eigenvalue weighted by Gasteiger charge is -2.37. The summed E-state index contributed by atoms with van der Waals surface area (Å²) in [5, 5.41) is 20.5. The number of nitrogens with two attached hydrogens (primary N) is 1. The van der Waals surface area contributed by atoms with E-state index in [1.54, 1.807) is 30.3 Å². The van der Waals surface area contributed by atoms with Gasteiger partial charge in [-0.1, -0.05) is 60.7 Å². The van der Waals surface area contributed by atoms with Crippen molar-refractivity contribution in [3.63, 3.8) is 0 Å². The van der Waals surface area contributed by atoms with E-state index in [1.807, 2.05) is 36.4 Å². The number of nitrogens with zero attached hydrogens (tertiary/aromatic N) is 2. The third kappa shape index (κ3) is 5.33. The number of benzene rings is 3. The van der Waals surface area contributed by atoms with Crippen LogP contribution in [0.3, 0.4) is 0 Å². The Kier molecular flexibility index (Phi) is 8.78. The fourth-order valence-electron chi connectivity index (χ4n) is 4.74. The van der Waals surface area contributed by atoms with Crippen LogP contribution in [0.1, 0.15) is 27.4 Å². The van der Waals surface area contributed by atoms with Crippen LogP contribution >= 0.6 is 0 Å². The van der Waals surface area contributed by atoms with Crippen LogP contribution in [-0.4, -0.2) is 44.3 Å². The molecule has 42 heavy (non-hydrogen) atoms. The zero-order valence-electron chi connectivity index (χ0n) is 23.0. The highest BCUT2D eigenvalue weighted by atomic mass is 16.5. The van der Waals surface area contributed by atoms with Gasteiger partial charge in [0, 0.05) is 0 Å². The summed E-state index contributed by atoms with van der Waals surface area (Å²) in [4.78, 5) is 40.3. The van der Waals surface area contributed by atoms with E-state index in [0.717, 1.165) is 24.7 Å². The number of methoxy groups -OCH3 is 3. The van der Waals surface area contributed by atoms with Crippen LogP contribution in [0.15, 0.2) is 95.5 Å². The minimum atomic E-state index is -1.40. The molecule has 0 radical (unpaired) electrons. The van der Waals surface area contributed by atoms with Crippen LogP contribution in [0.4, 0.5) is 5.69 Å². The molecule has 0 saturated carbocycles. The number of allylic oxidation sites excluding steroid dienone is 1. The smallest absolute Gasteiger partial charge is 0.355 e. The Labute approximate surface area is 241 Å². The Morgan fingerprint density at radius 1 is 0.929 bits per heavy atom. The third-order valence-electron chi connectivity index (χ3n) is 6.60. The van der Waals surface area contributed by atoms with Crippen LogP contribution in [0.2, 0.25) is 0 Å². The molecule has 3 aromatic carbocycles. The lowest BCUT2D eigenvalue weighted by Crippen LogP contribution is -2.41. The van der Waals surface area contributed by atoms with Gasteiger partial charge in [-0.3, -0.25) is 4.90 Å². The van der Waals surface area contributed by atoms with Crippen molar-refractivity contribution < 1.29 is 38.4 Å². The summed E-state index contributed by atoms with van der Waals surface area (Å²) in [6.45, 7) is 0.0982. The molecule has 3 N–H and O–H groups in total. The summed E-state index contributed by atoms with van der Waals surface area (Å²) in [6, 6.07) is 22.3. The quantitative estimate of drug-likeness (QED) is 0.360. The second kappa shape index (κ2) is 12.6. The van der Waals surface area contributed by atoms with Crippen molar-refractivity contribution in [2.24, 2.45) is 5.73 Å². The Morgan fingerprint density at radius 3 is 2.10 bits per heavy atom. The molecule has 1 aliphatic heterocycles. The topological polar surface area (TPSA) is 161 Å². The fraction of sp³-hybridized carbons (Fsp3) is 0.161. The standard InChI is InChI=1S/C31H27N3O8/c1-39-27-22(42-17-18-10-6-4-7-11-18)15-14-20(29(35)36)25(27)34-26(31(38)41-3)24(30(37)40-2)23(21(16-32)28(34)33)19-12-8-5-9-13-19/h4-15,23H,17,33H2,1-3H3,(H,35,36). The summed E-state index contributed by atoms with van der Waals surface area (Å²) < 4.78 is 21.7. The minimum Gasteiger partial charge on any atom is -0.491 e. The lowest BCUT2D eigenvalue weighted by atomic mass is 9.80. The molecule has 214 valence electrons. The number of esters is 2. The minimum absolute atomic E-state index is 0.0982. The van der Waals surface area contributed by atoms with Gasteiger partial charge in [-0.05, 0) is 23.3 Å². The van der Waals surface area contributed by atoms with E-state index in [1.165, 1.54) is 19.2 Å². The zero-order chi connectivity index (χ0) is 30.4. The van der Waals surface area contributed by atoms with Gasteiger partial charge in [0.2, 0.25) is 0 Å². The van der Waals surface area contributed by atoms with Crippen LogP contribution in [-0.2, 0) is 25.7 Å². The number of carbonyl (C=O) groups excluding carboxylic acids is 2. The van der Waals surface area contributed by atoms with E-state index in [2.05, 4.69) is 0 Å². The average Bonchev–Trinajstić information content (AvgIpc) is 3.02. The molecule has 0 spiro atoms. The summed E-state index contributed by atoms with van der Waals surface area (Å²) in [5.41, 5.74) is 6.39. The molecule has 0 amide bonds. The van der Waals surface area contributed by atoms with Gasteiger partial charge in [-0.25, -0.2) is 14.4 Å². The summed E-state index contributed by atoms with van der Waals surface area (Å²) >= 11 is 0. The molecular formula is C31H27N3O8. The Balaban J connectivity index is 2.07. The normalized spacial score (nSPS) is 14.6. The van der Waals surface area contributed by atoms with E-state index in [4.69, 9.17) is 24.7 Å². The number of carbonyl (C=O) groups is 3. The van der Waals surface area contributed by atoms with E-state index in [-0.39, 0.29) is 46.3 Å². The number of carboxylic acids is 1. The van der Waals surface area contributed by atoms with Gasteiger partial charge in [0.25, 0.3) is 0 Å². The second-order valence-electron chi connectivity index (χ2n) is 8.91. The number of anilines is 1. The molecule has 0 saturated heterocycles. The van der Waals surface area contributed by atoms with Crippen LogP contribution in [0, 0.1) is 11.3 Å². The highest BCUT2D eigenvalue weighted by molar-refractivity contribution is 6.09. The van der Waals surface area contributed by atoms with Gasteiger partial charge in [0.15, 0.2) is 11.5 Å². The summed E-state index contributed by atoms with van der Waals surface area (Å²) in [6.07, 6.45) is 0. The largest absolute Gasteiger partial charge is 0.491 e. The first-order valence-corrected chi connectivity index (χ1v) is 12.6. The van der Waals surface area contributed by atoms with Gasteiger partial charge in [0.1, 0.15) is 23.8 Å². The molecule has 11 heteroatoms. The summed E-state index contributed by atoms with van der Waals surface area (Å²) in [5.74, 6) is -4.85. The van der Waals surface area contributed by atoms with Gasteiger partial charge in [-0.15, -0.1) is 0 Å². The second-order valence-corrected chi connectivity index (χ2v) is 8.91. The maximum absolute atomic E-state index is 13.5. The van der Waals surface area contributed by atoms with Crippen molar-refractivity contribution in [2.75, 3.05) is 26.2 Å². The van der Waals surface area contributed by atoms with Crippen molar-refractivity contribution >= 4 is 23.6 Å². The lowest BCUT2D eigenvalue weighted by molar-refractivity contribution is -0.139. The third-order valence-corrected chi connectivity index (χ3v) is 6.60. The van der Waals surface area contributed by atoms with Crippen LogP contribution < -0.4 is 20.1 Å². The molecule has 0 aromatic heterocycles. The summed E-state index contributed by atoms with van der Waals surface area (Å²) in [7, 11) is 3.49. The Morgan fingerprint density at radius 2 is 1.55 bits per heavy atom. The maximum atomic E-state index is 13.5. The Hall–Kier alpha value is -5.76. The first-order valence-electron chi connectivity index (χ1n) is 12.6. The molecule has 1 atom stereocenters. The first-order chi connectivity index (χ1) is 20.3. The molecule has 4 rings (SSSR count). The molecule has 1 aliphatic rings. The molecule has 1 unspecified atom stereocenters. The number of ether oxygens (including phenoxy) is 4. The van der Waals surface area contributed by atoms with E-state index in [9.17, 15) is 24.8 Å². The highest BCUT2D eigenvalue weighted by Gasteiger charge is 2.45. The number of nitriles is 1. The molecule has 11 nitrogen and oxygen atoms in total. The number of carboxylic acid groups (broad SMARTS) is 1. The maximum Gasteiger partial charge on any atom is 0.355 e. The zero-order valence-corrected chi connectivity index (χ0v) is 23.0. The van der Waals surface area contributed by atoms with Crippen LogP contribution in [0.25, 0.3) is 0 Å². The Bertz CT molecular complexity index is 1630. The monoisotopic (exact) mass is 569 g/mol. The van der Waals surface area contributed by atoms with Gasteiger partial charge in [-0.2, -0.15) is 5.26 Å². The molecule has 3 aromatic rings. The van der Waals surface area contributed by atoms with Gasteiger partial charge >= 0.3 is 17.9 Å². The molecule has 0 bridgehead atoms. The molecule has 0 aliphatic carbocycles. The molecule has 1 heterocycles. The van der Waals surface area contributed by atoms with E-state index in [0.29, 0.717) is 5.56 Å². The van der Waals surface area contributed by atoms with Crippen molar-refractivity contribution in [1.29, 1.82) is 5.26 Å². The van der Waals surface area contributed by atoms with Gasteiger partial charge in [0.05, 0.1) is 50.0 Å². The van der Waals surface area contributed by atoms with Crippen molar-refractivity contribution in [1.82, 2.24) is 0 Å². The predicted molar refractivity (Wildman–Crippen MR) is 150 cm³/mol. The van der Waals surface area contributed by atoms with Crippen LogP contribution in [0.5, 0.6) is 11.5 Å². The number of hydrogen-bond acceptors (Lipinski definition) is 10. The predicted octanol–water partition coefficient (Wildman–Crippen LogP) is 3.87. The number of hydrogen-bond donors (Lipinski definition) is 2. The molecular weight excluding hydrogens is 542 g/mol. The van der Waals surface area contributed by atoms with Crippen molar-refractivity contribution in [3.05, 3.63) is 112 Å². The SMILES string of the molecule is COC(=O)C1=C(C(=O)OC)N(c2c(C(=O)O)ccc(OCc3ccccc3)c2OC)C(N)=C(C#N)C1c1ccccc1. The first kappa shape index (κ1) is 29.2. The highest BCUT2D eigenvalue weighted by Crippen LogP contribution is 2.49. The van der Waals surface area contributed by atoms with E-state index < -0.39 is 29.5 Å². The fourth-order valence-corrected chi connectivity index (χ4v) is 4.74. The number of aromatic carboxylic acids is 1. The van der Waals surface area contributed by atoms with Gasteiger partial charge < -0.3 is 29.8 Å². The number of rotatable bonds is 9. The van der Waals surface area contributed by atoms with Crippen molar-refractivity contribution in [2.45, 2.75) is 12.5 Å². The van der Waals surface area contributed by atoms with Crippen molar-refractivity contribution in [3.8, 4) is 17.6 Å². The van der Waals surface area contributed by atoms with E-state index >= 15 is 0 Å². The average molecular weight is 570 g/mol. The molecule has 0 fully saturated rings.